The number of piperidine rings is 1. The maximum absolute atomic E-state index is 12.5. The zero-order chi connectivity index (χ0) is 16.9. The van der Waals surface area contributed by atoms with E-state index in [4.69, 9.17) is 0 Å². The van der Waals surface area contributed by atoms with Crippen molar-refractivity contribution in [3.8, 4) is 0 Å². The molecule has 0 aliphatic carbocycles. The van der Waals surface area contributed by atoms with Crippen LogP contribution in [-0.2, 0) is 4.79 Å². The third-order valence-electron chi connectivity index (χ3n) is 4.87. The number of carbonyl (C=O) groups excluding carboxylic acids is 1. The van der Waals surface area contributed by atoms with E-state index in [1.165, 1.54) is 0 Å². The topological polar surface area (TPSA) is 65.5 Å². The average Bonchev–Trinajstić information content (AvgIpc) is 2.57. The van der Waals surface area contributed by atoms with Gasteiger partial charge in [-0.2, -0.15) is 0 Å². The maximum Gasteiger partial charge on any atom is 0.229 e. The van der Waals surface area contributed by atoms with Crippen LogP contribution < -0.4 is 5.32 Å². The lowest BCUT2D eigenvalue weighted by molar-refractivity contribution is -0.122. The Hall–Kier alpha value is -1.46. The van der Waals surface area contributed by atoms with Crippen LogP contribution in [0.3, 0.4) is 0 Å². The van der Waals surface area contributed by atoms with Crippen molar-refractivity contribution in [1.29, 1.82) is 0 Å². The molecule has 1 aliphatic heterocycles. The molecule has 1 saturated heterocycles. The molecule has 1 aromatic heterocycles. The normalized spacial score (nSPS) is 19.6. The molecule has 5 nitrogen and oxygen atoms in total. The number of carbonyl (C=O) groups is 1. The molecule has 0 radical (unpaired) electrons. The van der Waals surface area contributed by atoms with Crippen molar-refractivity contribution in [2.24, 2.45) is 5.92 Å². The van der Waals surface area contributed by atoms with E-state index in [0.717, 1.165) is 37.8 Å². The number of pyridine rings is 1. The molecule has 1 unspecified atom stereocenters. The van der Waals surface area contributed by atoms with Crippen molar-refractivity contribution < 1.29 is 9.90 Å². The summed E-state index contributed by atoms with van der Waals surface area (Å²) in [6, 6.07) is 3.78. The summed E-state index contributed by atoms with van der Waals surface area (Å²) in [5, 5.41) is 13.4. The first-order chi connectivity index (χ1) is 11.0. The Morgan fingerprint density at radius 2 is 2.17 bits per heavy atom. The maximum atomic E-state index is 12.5. The van der Waals surface area contributed by atoms with Gasteiger partial charge in [-0.3, -0.25) is 9.69 Å². The van der Waals surface area contributed by atoms with Crippen molar-refractivity contribution in [2.45, 2.75) is 52.1 Å². The molecular weight excluding hydrogens is 290 g/mol. The van der Waals surface area contributed by atoms with E-state index in [2.05, 4.69) is 15.2 Å². The number of rotatable bonds is 6. The van der Waals surface area contributed by atoms with E-state index in [-0.39, 0.29) is 11.8 Å². The molecule has 128 valence electrons. The van der Waals surface area contributed by atoms with Crippen molar-refractivity contribution in [3.05, 3.63) is 23.9 Å². The lowest BCUT2D eigenvalue weighted by Gasteiger charge is -2.37. The fraction of sp³-hybridized carbons (Fsp3) is 0.667. The summed E-state index contributed by atoms with van der Waals surface area (Å²) in [5.41, 5.74) is 0.432. The Morgan fingerprint density at radius 3 is 2.78 bits per heavy atom. The summed E-state index contributed by atoms with van der Waals surface area (Å²) in [7, 11) is 0. The highest BCUT2D eigenvalue weighted by Gasteiger charge is 2.31. The highest BCUT2D eigenvalue weighted by atomic mass is 16.3. The molecule has 0 aromatic carbocycles. The lowest BCUT2D eigenvalue weighted by atomic mass is 9.92. The van der Waals surface area contributed by atoms with Crippen LogP contribution in [0.5, 0.6) is 0 Å². The van der Waals surface area contributed by atoms with Gasteiger partial charge in [-0.1, -0.05) is 19.9 Å². The molecule has 0 saturated carbocycles. The molecule has 1 aliphatic rings. The largest absolute Gasteiger partial charge is 0.389 e. The Morgan fingerprint density at radius 1 is 1.43 bits per heavy atom. The molecule has 0 bridgehead atoms. The van der Waals surface area contributed by atoms with Gasteiger partial charge >= 0.3 is 0 Å². The molecule has 2 N–H and O–H groups in total. The molecule has 23 heavy (non-hydrogen) atoms. The monoisotopic (exact) mass is 319 g/mol. The van der Waals surface area contributed by atoms with Gasteiger partial charge in [-0.05, 0) is 50.8 Å². The van der Waals surface area contributed by atoms with Crippen molar-refractivity contribution in [3.63, 3.8) is 0 Å². The standard InChI is InChI=1S/C18H29N3O2/c1-4-18(23,5-2)13-21-10-6-7-15(12-21)17(22)20-16-9-8-14(3)11-19-16/h8-9,11,15,23H,4-7,10,12-13H2,1-3H3,(H,19,20,22). The van der Waals surface area contributed by atoms with E-state index < -0.39 is 5.60 Å². The second kappa shape index (κ2) is 7.88. The summed E-state index contributed by atoms with van der Waals surface area (Å²) in [4.78, 5) is 18.9. The average molecular weight is 319 g/mol. The Labute approximate surface area is 139 Å². The first kappa shape index (κ1) is 17.9. The fourth-order valence-corrected chi connectivity index (χ4v) is 3.07. The zero-order valence-corrected chi connectivity index (χ0v) is 14.5. The highest BCUT2D eigenvalue weighted by molar-refractivity contribution is 5.91. The van der Waals surface area contributed by atoms with Gasteiger partial charge in [0, 0.05) is 19.3 Å². The van der Waals surface area contributed by atoms with Gasteiger partial charge in [0.1, 0.15) is 5.82 Å². The summed E-state index contributed by atoms with van der Waals surface area (Å²) in [6.07, 6.45) is 5.12. The number of likely N-dealkylation sites (tertiary alicyclic amines) is 1. The Balaban J connectivity index is 1.92. The van der Waals surface area contributed by atoms with Crippen LogP contribution in [0.4, 0.5) is 5.82 Å². The zero-order valence-electron chi connectivity index (χ0n) is 14.5. The van der Waals surface area contributed by atoms with Crippen molar-refractivity contribution >= 4 is 11.7 Å². The van der Waals surface area contributed by atoms with Crippen LogP contribution in [0, 0.1) is 12.8 Å². The van der Waals surface area contributed by atoms with Crippen LogP contribution in [0.25, 0.3) is 0 Å². The van der Waals surface area contributed by atoms with E-state index in [0.29, 0.717) is 18.9 Å². The Bertz CT molecular complexity index is 512. The van der Waals surface area contributed by atoms with E-state index in [1.54, 1.807) is 6.20 Å². The number of hydrogen-bond donors (Lipinski definition) is 2. The number of hydrogen-bond acceptors (Lipinski definition) is 4. The van der Waals surface area contributed by atoms with Crippen LogP contribution >= 0.6 is 0 Å². The van der Waals surface area contributed by atoms with Gasteiger partial charge in [-0.25, -0.2) is 4.98 Å². The van der Waals surface area contributed by atoms with Gasteiger partial charge in [0.05, 0.1) is 11.5 Å². The summed E-state index contributed by atoms with van der Waals surface area (Å²) in [6.45, 7) is 8.31. The number of β-amino-alcohol motifs (C(OH)–C–C–N with tert-alkyl or cyclic N) is 1. The van der Waals surface area contributed by atoms with Gasteiger partial charge in [0.15, 0.2) is 0 Å². The Kier molecular flexibility index (Phi) is 6.13. The predicted molar refractivity (Wildman–Crippen MR) is 92.3 cm³/mol. The molecule has 1 aromatic rings. The van der Waals surface area contributed by atoms with Crippen molar-refractivity contribution in [2.75, 3.05) is 25.0 Å². The van der Waals surface area contributed by atoms with Crippen LogP contribution in [-0.4, -0.2) is 46.1 Å². The molecule has 5 heteroatoms. The SMILES string of the molecule is CCC(O)(CC)CN1CCCC(C(=O)Nc2ccc(C)cn2)C1. The molecule has 0 spiro atoms. The fourth-order valence-electron chi connectivity index (χ4n) is 3.07. The first-order valence-corrected chi connectivity index (χ1v) is 8.64. The van der Waals surface area contributed by atoms with Gasteiger partial charge in [-0.15, -0.1) is 0 Å². The summed E-state index contributed by atoms with van der Waals surface area (Å²) < 4.78 is 0. The number of amides is 1. The minimum absolute atomic E-state index is 0.0302. The van der Waals surface area contributed by atoms with Crippen molar-refractivity contribution in [1.82, 2.24) is 9.88 Å². The van der Waals surface area contributed by atoms with E-state index >= 15 is 0 Å². The number of aryl methyl sites for hydroxylation is 1. The second-order valence-electron chi connectivity index (χ2n) is 6.72. The second-order valence-corrected chi connectivity index (χ2v) is 6.72. The van der Waals surface area contributed by atoms with Crippen LogP contribution in [0.2, 0.25) is 0 Å². The molecule has 1 amide bonds. The lowest BCUT2D eigenvalue weighted by Crippen LogP contribution is -2.48. The van der Waals surface area contributed by atoms with Gasteiger partial charge in [0.25, 0.3) is 0 Å². The minimum Gasteiger partial charge on any atom is -0.389 e. The molecule has 2 rings (SSSR count). The van der Waals surface area contributed by atoms with Gasteiger partial charge in [0.2, 0.25) is 5.91 Å². The molecule has 1 atom stereocenters. The third kappa shape index (κ3) is 5.01. The summed E-state index contributed by atoms with van der Waals surface area (Å²) >= 11 is 0. The quantitative estimate of drug-likeness (QED) is 0.846. The first-order valence-electron chi connectivity index (χ1n) is 8.64. The molecule has 2 heterocycles. The molecule has 1 fully saturated rings. The van der Waals surface area contributed by atoms with Crippen LogP contribution in [0.1, 0.15) is 45.1 Å². The third-order valence-corrected chi connectivity index (χ3v) is 4.87. The number of anilines is 1. The van der Waals surface area contributed by atoms with E-state index in [9.17, 15) is 9.90 Å². The minimum atomic E-state index is -0.642. The predicted octanol–water partition coefficient (Wildman–Crippen LogP) is 2.59. The van der Waals surface area contributed by atoms with Gasteiger partial charge < -0.3 is 10.4 Å². The highest BCUT2D eigenvalue weighted by Crippen LogP contribution is 2.23. The number of nitrogens with one attached hydrogen (secondary N) is 1. The molecular formula is C18H29N3O2. The summed E-state index contributed by atoms with van der Waals surface area (Å²) in [5.74, 6) is 0.601. The van der Waals surface area contributed by atoms with Crippen LogP contribution in [0.15, 0.2) is 18.3 Å². The number of nitrogens with zero attached hydrogens (tertiary/aromatic N) is 2. The van der Waals surface area contributed by atoms with E-state index in [1.807, 2.05) is 32.9 Å². The number of aromatic nitrogens is 1. The smallest absolute Gasteiger partial charge is 0.229 e. The number of aliphatic hydroxyl groups is 1.